The molecule has 0 amide bonds. The van der Waals surface area contributed by atoms with Crippen molar-refractivity contribution in [3.63, 3.8) is 0 Å². The van der Waals surface area contributed by atoms with E-state index < -0.39 is 11.7 Å². The van der Waals surface area contributed by atoms with Gasteiger partial charge in [0.05, 0.1) is 11.3 Å². The summed E-state index contributed by atoms with van der Waals surface area (Å²) in [6.45, 7) is 3.25. The molecule has 0 aromatic carbocycles. The number of rotatable bonds is 2. The second kappa shape index (κ2) is 4.52. The zero-order valence-electron chi connectivity index (χ0n) is 9.02. The number of pyridine rings is 1. The molecule has 0 unspecified atom stereocenters. The first-order valence-corrected chi connectivity index (χ1v) is 4.84. The van der Waals surface area contributed by atoms with Crippen LogP contribution in [0.15, 0.2) is 35.6 Å². The van der Waals surface area contributed by atoms with E-state index in [9.17, 15) is 13.2 Å². The first kappa shape index (κ1) is 12.2. The molecular weight excluding hydrogens is 245 g/mol. The SMILES string of the molecule is C=Nc1ccc(-c2cnccc2C(F)(F)F)nn1. The van der Waals surface area contributed by atoms with Gasteiger partial charge in [-0.25, -0.2) is 4.99 Å². The average molecular weight is 252 g/mol. The van der Waals surface area contributed by atoms with Crippen LogP contribution in [0.1, 0.15) is 5.56 Å². The summed E-state index contributed by atoms with van der Waals surface area (Å²) in [5.74, 6) is 0.246. The molecule has 0 saturated heterocycles. The van der Waals surface area contributed by atoms with Gasteiger partial charge in [-0.1, -0.05) is 0 Å². The van der Waals surface area contributed by atoms with Crippen molar-refractivity contribution in [2.24, 2.45) is 4.99 Å². The zero-order valence-corrected chi connectivity index (χ0v) is 9.02. The van der Waals surface area contributed by atoms with Crippen LogP contribution in [0.2, 0.25) is 0 Å². The molecule has 2 heterocycles. The third kappa shape index (κ3) is 2.34. The molecule has 4 nitrogen and oxygen atoms in total. The Labute approximate surface area is 100 Å². The minimum absolute atomic E-state index is 0.0859. The highest BCUT2D eigenvalue weighted by atomic mass is 19.4. The lowest BCUT2D eigenvalue weighted by atomic mass is 10.1. The van der Waals surface area contributed by atoms with Crippen molar-refractivity contribution < 1.29 is 13.2 Å². The van der Waals surface area contributed by atoms with Gasteiger partial charge in [-0.3, -0.25) is 4.98 Å². The predicted molar refractivity (Wildman–Crippen MR) is 59.5 cm³/mol. The summed E-state index contributed by atoms with van der Waals surface area (Å²) in [5.41, 5.74) is -0.831. The van der Waals surface area contributed by atoms with Crippen LogP contribution in [0.4, 0.5) is 19.0 Å². The lowest BCUT2D eigenvalue weighted by Crippen LogP contribution is -2.08. The topological polar surface area (TPSA) is 51.0 Å². The molecule has 0 aliphatic rings. The quantitative estimate of drug-likeness (QED) is 0.772. The van der Waals surface area contributed by atoms with Crippen molar-refractivity contribution in [2.45, 2.75) is 6.18 Å². The molecule has 0 fully saturated rings. The standard InChI is InChI=1S/C11H7F3N4/c1-15-10-3-2-9(17-18-10)7-6-16-5-4-8(7)11(12,13)14/h2-6H,1H2. The minimum Gasteiger partial charge on any atom is -0.264 e. The van der Waals surface area contributed by atoms with E-state index in [4.69, 9.17) is 0 Å². The highest BCUT2D eigenvalue weighted by Crippen LogP contribution is 2.35. The van der Waals surface area contributed by atoms with Gasteiger partial charge >= 0.3 is 6.18 Å². The fraction of sp³-hybridized carbons (Fsp3) is 0.0909. The van der Waals surface area contributed by atoms with E-state index in [2.05, 4.69) is 26.9 Å². The van der Waals surface area contributed by atoms with Gasteiger partial charge in [0.15, 0.2) is 5.82 Å². The highest BCUT2D eigenvalue weighted by Gasteiger charge is 2.34. The second-order valence-electron chi connectivity index (χ2n) is 3.35. The zero-order chi connectivity index (χ0) is 13.2. The van der Waals surface area contributed by atoms with E-state index in [0.29, 0.717) is 0 Å². The van der Waals surface area contributed by atoms with E-state index in [1.165, 1.54) is 12.1 Å². The lowest BCUT2D eigenvalue weighted by molar-refractivity contribution is -0.137. The van der Waals surface area contributed by atoms with Gasteiger partial charge in [-0.05, 0) is 24.9 Å². The van der Waals surface area contributed by atoms with Crippen molar-refractivity contribution in [1.29, 1.82) is 0 Å². The first-order valence-electron chi connectivity index (χ1n) is 4.84. The summed E-state index contributed by atoms with van der Waals surface area (Å²) < 4.78 is 38.3. The van der Waals surface area contributed by atoms with E-state index in [-0.39, 0.29) is 17.1 Å². The Morgan fingerprint density at radius 2 is 1.89 bits per heavy atom. The summed E-state index contributed by atoms with van der Waals surface area (Å²) in [7, 11) is 0. The van der Waals surface area contributed by atoms with Crippen molar-refractivity contribution in [2.75, 3.05) is 0 Å². The molecule has 0 saturated carbocycles. The van der Waals surface area contributed by atoms with Gasteiger partial charge in [0, 0.05) is 18.0 Å². The number of hydrogen-bond acceptors (Lipinski definition) is 4. The molecule has 0 bridgehead atoms. The number of aliphatic imine (C=N–C) groups is 1. The molecule has 0 aliphatic heterocycles. The van der Waals surface area contributed by atoms with Crippen LogP contribution in [-0.4, -0.2) is 21.9 Å². The number of alkyl halides is 3. The monoisotopic (exact) mass is 252 g/mol. The maximum absolute atomic E-state index is 12.8. The molecule has 0 N–H and O–H groups in total. The molecule has 2 rings (SSSR count). The largest absolute Gasteiger partial charge is 0.417 e. The minimum atomic E-state index is -4.46. The van der Waals surface area contributed by atoms with Gasteiger partial charge < -0.3 is 0 Å². The molecule has 18 heavy (non-hydrogen) atoms. The Morgan fingerprint density at radius 1 is 1.11 bits per heavy atom. The van der Waals surface area contributed by atoms with Gasteiger partial charge in [-0.2, -0.15) is 13.2 Å². The van der Waals surface area contributed by atoms with Crippen LogP contribution in [0.25, 0.3) is 11.3 Å². The van der Waals surface area contributed by atoms with Crippen LogP contribution in [0, 0.1) is 0 Å². The van der Waals surface area contributed by atoms with Crippen molar-refractivity contribution >= 4 is 12.5 Å². The third-order valence-corrected chi connectivity index (χ3v) is 2.21. The van der Waals surface area contributed by atoms with Crippen LogP contribution < -0.4 is 0 Å². The van der Waals surface area contributed by atoms with Crippen molar-refractivity contribution in [1.82, 2.24) is 15.2 Å². The number of halogens is 3. The Morgan fingerprint density at radius 3 is 2.44 bits per heavy atom. The van der Waals surface area contributed by atoms with Crippen LogP contribution >= 0.6 is 0 Å². The average Bonchev–Trinajstić information content (AvgIpc) is 2.38. The molecule has 2 aromatic rings. The van der Waals surface area contributed by atoms with Crippen molar-refractivity contribution in [3.8, 4) is 11.3 Å². The molecule has 92 valence electrons. The van der Waals surface area contributed by atoms with E-state index >= 15 is 0 Å². The van der Waals surface area contributed by atoms with Gasteiger partial charge in [-0.15, -0.1) is 10.2 Å². The van der Waals surface area contributed by atoms with Crippen molar-refractivity contribution in [3.05, 3.63) is 36.2 Å². The fourth-order valence-electron chi connectivity index (χ4n) is 1.40. The molecule has 0 spiro atoms. The highest BCUT2D eigenvalue weighted by molar-refractivity contribution is 5.63. The number of aromatic nitrogens is 3. The Balaban J connectivity index is 2.53. The molecule has 2 aromatic heterocycles. The van der Waals surface area contributed by atoms with Crippen LogP contribution in [0.3, 0.4) is 0 Å². The maximum Gasteiger partial charge on any atom is 0.417 e. The van der Waals surface area contributed by atoms with Gasteiger partial charge in [0.2, 0.25) is 0 Å². The predicted octanol–water partition coefficient (Wildman–Crippen LogP) is 2.89. The number of nitrogens with zero attached hydrogens (tertiary/aromatic N) is 4. The Kier molecular flexibility index (Phi) is 3.05. The Hall–Kier alpha value is -2.31. The molecule has 7 heteroatoms. The van der Waals surface area contributed by atoms with Gasteiger partial charge in [0.1, 0.15) is 0 Å². The Bertz CT molecular complexity index is 563. The second-order valence-corrected chi connectivity index (χ2v) is 3.35. The van der Waals surface area contributed by atoms with Crippen LogP contribution in [-0.2, 0) is 6.18 Å². The van der Waals surface area contributed by atoms with E-state index in [1.807, 2.05) is 0 Å². The smallest absolute Gasteiger partial charge is 0.264 e. The number of hydrogen-bond donors (Lipinski definition) is 0. The normalized spacial score (nSPS) is 11.3. The first-order chi connectivity index (χ1) is 8.52. The summed E-state index contributed by atoms with van der Waals surface area (Å²) in [6, 6.07) is 3.72. The molecule has 0 radical (unpaired) electrons. The lowest BCUT2D eigenvalue weighted by Gasteiger charge is -2.10. The van der Waals surface area contributed by atoms with E-state index in [1.54, 1.807) is 0 Å². The van der Waals surface area contributed by atoms with Gasteiger partial charge in [0.25, 0.3) is 0 Å². The molecular formula is C11H7F3N4. The van der Waals surface area contributed by atoms with Crippen LogP contribution in [0.5, 0.6) is 0 Å². The molecule has 0 aliphatic carbocycles. The molecule has 0 atom stereocenters. The summed E-state index contributed by atoms with van der Waals surface area (Å²) in [6.07, 6.45) is -2.28. The maximum atomic E-state index is 12.8. The summed E-state index contributed by atoms with van der Waals surface area (Å²) >= 11 is 0. The summed E-state index contributed by atoms with van der Waals surface area (Å²) in [4.78, 5) is 7.19. The van der Waals surface area contributed by atoms with E-state index in [0.717, 1.165) is 18.5 Å². The third-order valence-electron chi connectivity index (χ3n) is 2.21. The fourth-order valence-corrected chi connectivity index (χ4v) is 1.40. The summed E-state index contributed by atoms with van der Waals surface area (Å²) in [5, 5.41) is 7.29.